The number of ether oxygens (including phenoxy) is 1. The summed E-state index contributed by atoms with van der Waals surface area (Å²) < 4.78 is 32.5. The number of nitriles is 1. The van der Waals surface area contributed by atoms with Gasteiger partial charge in [0.15, 0.2) is 0 Å². The second-order valence-electron chi connectivity index (χ2n) is 7.77. The van der Waals surface area contributed by atoms with E-state index in [0.29, 0.717) is 16.4 Å². The first-order valence-corrected chi connectivity index (χ1v) is 11.9. The second-order valence-corrected chi connectivity index (χ2v) is 9.81. The Morgan fingerprint density at radius 2 is 1.74 bits per heavy atom. The molecule has 0 spiro atoms. The Hall–Kier alpha value is -3.71. The standard InChI is InChI=1S/C25H25N3O5S/c1-19-6-12-25(13-7-19)34(31,32)27(2)16-23(28(30)18-29)17-33-24-10-8-21(9-11-24)22-5-3-4-20(14-22)15-26/h3-14,18,23,30H,16-17H2,1-2H3. The molecule has 0 aliphatic heterocycles. The third-order valence-electron chi connectivity index (χ3n) is 5.30. The van der Waals surface area contributed by atoms with Crippen LogP contribution in [0.5, 0.6) is 5.75 Å². The van der Waals surface area contributed by atoms with Crippen LogP contribution < -0.4 is 4.74 Å². The number of amides is 1. The quantitative estimate of drug-likeness (QED) is 0.271. The predicted molar refractivity (Wildman–Crippen MR) is 127 cm³/mol. The van der Waals surface area contributed by atoms with E-state index in [-0.39, 0.29) is 24.5 Å². The molecule has 0 aliphatic rings. The van der Waals surface area contributed by atoms with Gasteiger partial charge >= 0.3 is 0 Å². The monoisotopic (exact) mass is 479 g/mol. The van der Waals surface area contributed by atoms with Crippen molar-refractivity contribution in [3.63, 3.8) is 0 Å². The second kappa shape index (κ2) is 10.9. The highest BCUT2D eigenvalue weighted by Gasteiger charge is 2.27. The van der Waals surface area contributed by atoms with Gasteiger partial charge in [-0.25, -0.2) is 13.5 Å². The molecular weight excluding hydrogens is 454 g/mol. The lowest BCUT2D eigenvalue weighted by Gasteiger charge is -2.27. The van der Waals surface area contributed by atoms with Gasteiger partial charge in [0, 0.05) is 13.6 Å². The van der Waals surface area contributed by atoms with Crippen molar-refractivity contribution in [2.75, 3.05) is 20.2 Å². The number of likely N-dealkylation sites (N-methyl/N-ethyl adjacent to an activating group) is 1. The van der Waals surface area contributed by atoms with Crippen molar-refractivity contribution in [2.24, 2.45) is 0 Å². The topological polar surface area (TPSA) is 111 Å². The Morgan fingerprint density at radius 3 is 2.35 bits per heavy atom. The third kappa shape index (κ3) is 5.99. The lowest BCUT2D eigenvalue weighted by molar-refractivity contribution is -0.163. The van der Waals surface area contributed by atoms with Gasteiger partial charge in [-0.15, -0.1) is 0 Å². The Bertz CT molecular complexity index is 1270. The highest BCUT2D eigenvalue weighted by atomic mass is 32.2. The molecule has 176 valence electrons. The minimum absolute atomic E-state index is 0.118. The molecule has 34 heavy (non-hydrogen) atoms. The molecule has 1 unspecified atom stereocenters. The maximum absolute atomic E-state index is 12.9. The molecule has 0 radical (unpaired) electrons. The lowest BCUT2D eigenvalue weighted by atomic mass is 10.0. The molecule has 0 aromatic heterocycles. The van der Waals surface area contributed by atoms with E-state index in [1.165, 1.54) is 19.2 Å². The van der Waals surface area contributed by atoms with Crippen molar-refractivity contribution >= 4 is 16.4 Å². The fourth-order valence-electron chi connectivity index (χ4n) is 3.29. The van der Waals surface area contributed by atoms with Crippen LogP contribution in [0.25, 0.3) is 11.1 Å². The summed E-state index contributed by atoms with van der Waals surface area (Å²) >= 11 is 0. The molecule has 3 rings (SSSR count). The molecule has 0 bridgehead atoms. The number of carbonyl (C=O) groups excluding carboxylic acids is 1. The van der Waals surface area contributed by atoms with Gasteiger partial charge in [-0.3, -0.25) is 10.0 Å². The minimum Gasteiger partial charge on any atom is -0.491 e. The molecule has 0 heterocycles. The first kappa shape index (κ1) is 24.9. The SMILES string of the molecule is Cc1ccc(S(=O)(=O)N(C)CC(COc2ccc(-c3cccc(C#N)c3)cc2)N(O)C=O)cc1. The fourth-order valence-corrected chi connectivity index (χ4v) is 4.50. The van der Waals surface area contributed by atoms with Gasteiger partial charge < -0.3 is 4.74 Å². The molecule has 0 saturated heterocycles. The van der Waals surface area contributed by atoms with E-state index >= 15 is 0 Å². The van der Waals surface area contributed by atoms with Gasteiger partial charge in [0.1, 0.15) is 18.4 Å². The van der Waals surface area contributed by atoms with Crippen LogP contribution in [0.2, 0.25) is 0 Å². The third-order valence-corrected chi connectivity index (χ3v) is 7.14. The molecule has 3 aromatic carbocycles. The molecule has 9 heteroatoms. The number of hydrogen-bond acceptors (Lipinski definition) is 6. The number of rotatable bonds is 10. The van der Waals surface area contributed by atoms with Crippen molar-refractivity contribution in [3.05, 3.63) is 83.9 Å². The summed E-state index contributed by atoms with van der Waals surface area (Å²) in [5, 5.41) is 19.5. The zero-order chi connectivity index (χ0) is 24.7. The molecule has 8 nitrogen and oxygen atoms in total. The van der Waals surface area contributed by atoms with Crippen LogP contribution >= 0.6 is 0 Å². The Labute approximate surface area is 199 Å². The van der Waals surface area contributed by atoms with Crippen LogP contribution in [0.15, 0.2) is 77.7 Å². The number of hydroxylamine groups is 2. The van der Waals surface area contributed by atoms with E-state index in [1.54, 1.807) is 42.5 Å². The highest BCUT2D eigenvalue weighted by Crippen LogP contribution is 2.23. The zero-order valence-corrected chi connectivity index (χ0v) is 19.6. The van der Waals surface area contributed by atoms with E-state index in [1.807, 2.05) is 25.1 Å². The summed E-state index contributed by atoms with van der Waals surface area (Å²) in [6, 6.07) is 21.9. The Morgan fingerprint density at radius 1 is 1.06 bits per heavy atom. The Kier molecular flexibility index (Phi) is 8.02. The lowest BCUT2D eigenvalue weighted by Crippen LogP contribution is -2.45. The van der Waals surface area contributed by atoms with Crippen molar-refractivity contribution in [1.29, 1.82) is 5.26 Å². The number of hydrogen-bond donors (Lipinski definition) is 1. The number of benzene rings is 3. The normalized spacial score (nSPS) is 12.1. The maximum atomic E-state index is 12.9. The molecule has 0 saturated carbocycles. The van der Waals surface area contributed by atoms with E-state index < -0.39 is 16.1 Å². The van der Waals surface area contributed by atoms with Crippen LogP contribution in [0, 0.1) is 18.3 Å². The predicted octanol–water partition coefficient (Wildman–Crippen LogP) is 3.45. The van der Waals surface area contributed by atoms with Gasteiger partial charge in [-0.05, 0) is 54.4 Å². The van der Waals surface area contributed by atoms with Gasteiger partial charge in [0.25, 0.3) is 0 Å². The summed E-state index contributed by atoms with van der Waals surface area (Å²) in [6.07, 6.45) is 0.214. The highest BCUT2D eigenvalue weighted by molar-refractivity contribution is 7.89. The van der Waals surface area contributed by atoms with E-state index in [2.05, 4.69) is 6.07 Å². The molecule has 1 N–H and O–H groups in total. The number of sulfonamides is 1. The van der Waals surface area contributed by atoms with Crippen molar-refractivity contribution < 1.29 is 23.2 Å². The number of carbonyl (C=O) groups is 1. The van der Waals surface area contributed by atoms with Crippen LogP contribution in [-0.2, 0) is 14.8 Å². The van der Waals surface area contributed by atoms with Crippen LogP contribution in [-0.4, -0.2) is 55.6 Å². The number of aryl methyl sites for hydroxylation is 1. The van der Waals surface area contributed by atoms with E-state index in [4.69, 9.17) is 10.00 Å². The zero-order valence-electron chi connectivity index (χ0n) is 18.8. The van der Waals surface area contributed by atoms with Gasteiger partial charge in [0.05, 0.1) is 16.5 Å². The molecule has 3 aromatic rings. The largest absolute Gasteiger partial charge is 0.491 e. The summed E-state index contributed by atoms with van der Waals surface area (Å²) in [5.41, 5.74) is 3.26. The van der Waals surface area contributed by atoms with Crippen LogP contribution in [0.4, 0.5) is 0 Å². The molecular formula is C25H25N3O5S. The van der Waals surface area contributed by atoms with E-state index in [9.17, 15) is 18.4 Å². The minimum atomic E-state index is -3.82. The van der Waals surface area contributed by atoms with Gasteiger partial charge in [0.2, 0.25) is 16.4 Å². The summed E-state index contributed by atoms with van der Waals surface area (Å²) in [4.78, 5) is 11.3. The molecule has 1 amide bonds. The maximum Gasteiger partial charge on any atom is 0.242 e. The van der Waals surface area contributed by atoms with Crippen molar-refractivity contribution in [2.45, 2.75) is 17.9 Å². The van der Waals surface area contributed by atoms with Crippen molar-refractivity contribution in [1.82, 2.24) is 9.37 Å². The Balaban J connectivity index is 1.69. The van der Waals surface area contributed by atoms with Gasteiger partial charge in [-0.2, -0.15) is 9.57 Å². The summed E-state index contributed by atoms with van der Waals surface area (Å²) in [5.74, 6) is 0.480. The van der Waals surface area contributed by atoms with E-state index in [0.717, 1.165) is 21.0 Å². The van der Waals surface area contributed by atoms with Crippen molar-refractivity contribution in [3.8, 4) is 22.9 Å². The molecule has 0 aliphatic carbocycles. The molecule has 0 fully saturated rings. The smallest absolute Gasteiger partial charge is 0.242 e. The fraction of sp³-hybridized carbons (Fsp3) is 0.200. The first-order valence-electron chi connectivity index (χ1n) is 10.4. The summed E-state index contributed by atoms with van der Waals surface area (Å²) in [7, 11) is -2.44. The number of nitrogens with zero attached hydrogens (tertiary/aromatic N) is 3. The summed E-state index contributed by atoms with van der Waals surface area (Å²) in [6.45, 7) is 1.55. The van der Waals surface area contributed by atoms with Crippen LogP contribution in [0.1, 0.15) is 11.1 Å². The average molecular weight is 480 g/mol. The first-order chi connectivity index (χ1) is 16.2. The van der Waals surface area contributed by atoms with Gasteiger partial charge in [-0.1, -0.05) is 42.0 Å². The van der Waals surface area contributed by atoms with Crippen LogP contribution in [0.3, 0.4) is 0 Å². The molecule has 1 atom stereocenters. The average Bonchev–Trinajstić information content (AvgIpc) is 2.86.